The summed E-state index contributed by atoms with van der Waals surface area (Å²) in [5, 5.41) is 13.1. The molecule has 0 fully saturated rings. The first-order valence-corrected chi connectivity index (χ1v) is 10.6. The fourth-order valence-electron chi connectivity index (χ4n) is 3.52. The van der Waals surface area contributed by atoms with Crippen molar-refractivity contribution in [2.75, 3.05) is 6.61 Å². The molecule has 1 unspecified atom stereocenters. The second kappa shape index (κ2) is 9.09. The molecule has 1 aliphatic heterocycles. The highest BCUT2D eigenvalue weighted by Gasteiger charge is 2.59. The van der Waals surface area contributed by atoms with E-state index in [1.54, 1.807) is 24.4 Å². The maximum atomic E-state index is 14.4. The average Bonchev–Trinajstić information content (AvgIpc) is 3.15. The van der Waals surface area contributed by atoms with Crippen LogP contribution in [0.15, 0.2) is 41.3 Å². The van der Waals surface area contributed by atoms with Crippen molar-refractivity contribution in [3.05, 3.63) is 57.3 Å². The van der Waals surface area contributed by atoms with Gasteiger partial charge in [-0.1, -0.05) is 12.1 Å². The quantitative estimate of drug-likeness (QED) is 0.399. The molecule has 3 rings (SSSR count). The van der Waals surface area contributed by atoms with Gasteiger partial charge in [-0.25, -0.2) is 0 Å². The van der Waals surface area contributed by atoms with Crippen LogP contribution in [-0.2, 0) is 10.3 Å². The van der Waals surface area contributed by atoms with Crippen LogP contribution in [0.5, 0.6) is 5.75 Å². The Morgan fingerprint density at radius 1 is 1.18 bits per heavy atom. The third-order valence-corrected chi connectivity index (χ3v) is 6.25. The Labute approximate surface area is 189 Å². The Balaban J connectivity index is 1.92. The maximum absolute atomic E-state index is 14.4. The van der Waals surface area contributed by atoms with Crippen molar-refractivity contribution in [2.24, 2.45) is 0 Å². The summed E-state index contributed by atoms with van der Waals surface area (Å²) in [6.07, 6.45) is -11.2. The van der Waals surface area contributed by atoms with Gasteiger partial charge in [-0.3, -0.25) is 4.79 Å². The molecule has 1 aliphatic rings. The number of hydrogen-bond acceptors (Lipinski definition) is 4. The van der Waals surface area contributed by atoms with Crippen LogP contribution in [0.1, 0.15) is 35.3 Å². The number of rotatable bonds is 6. The van der Waals surface area contributed by atoms with Gasteiger partial charge in [-0.2, -0.15) is 31.6 Å². The van der Waals surface area contributed by atoms with E-state index in [0.29, 0.717) is 4.88 Å². The number of thiophene rings is 1. The van der Waals surface area contributed by atoms with Gasteiger partial charge in [0.25, 0.3) is 5.91 Å². The molecule has 1 amide bonds. The average molecular weight is 488 g/mol. The zero-order chi connectivity index (χ0) is 24.4. The number of nitrogens with zero attached hydrogens (tertiary/aromatic N) is 1. The van der Waals surface area contributed by atoms with Crippen LogP contribution >= 0.6 is 11.3 Å². The van der Waals surface area contributed by atoms with E-state index >= 15 is 0 Å². The van der Waals surface area contributed by atoms with Crippen LogP contribution in [-0.4, -0.2) is 24.9 Å². The third kappa shape index (κ3) is 5.33. The highest BCUT2D eigenvalue weighted by Crippen LogP contribution is 2.49. The van der Waals surface area contributed by atoms with E-state index in [1.165, 1.54) is 12.1 Å². The second-order valence-electron chi connectivity index (χ2n) is 7.58. The van der Waals surface area contributed by atoms with Crippen molar-refractivity contribution < 1.29 is 35.9 Å². The fourth-order valence-corrected chi connectivity index (χ4v) is 4.47. The number of nitriles is 1. The summed E-state index contributed by atoms with van der Waals surface area (Å²) < 4.78 is 85.0. The monoisotopic (exact) mass is 488 g/mol. The van der Waals surface area contributed by atoms with Gasteiger partial charge in [0.15, 0.2) is 5.54 Å². The van der Waals surface area contributed by atoms with Gasteiger partial charge in [0.1, 0.15) is 17.4 Å². The summed E-state index contributed by atoms with van der Waals surface area (Å²) in [6, 6.07) is 7.97. The second-order valence-corrected chi connectivity index (χ2v) is 8.49. The largest absolute Gasteiger partial charge is 0.494 e. The van der Waals surface area contributed by atoms with Gasteiger partial charge < -0.3 is 10.1 Å². The van der Waals surface area contributed by atoms with Gasteiger partial charge >= 0.3 is 12.4 Å². The number of ether oxygens (including phenoxy) is 1. The molecule has 0 saturated carbocycles. The first kappa shape index (κ1) is 24.6. The van der Waals surface area contributed by atoms with Crippen LogP contribution in [0, 0.1) is 18.3 Å². The molecule has 4 nitrogen and oxygen atoms in total. The Bertz CT molecular complexity index is 1100. The maximum Gasteiger partial charge on any atom is 0.416 e. The molecule has 0 radical (unpaired) electrons. The van der Waals surface area contributed by atoms with E-state index in [0.717, 1.165) is 29.0 Å². The number of carbonyl (C=O) groups is 1. The molecule has 2 heterocycles. The molecule has 2 aromatic rings. The molecule has 33 heavy (non-hydrogen) atoms. The van der Waals surface area contributed by atoms with Gasteiger partial charge in [-0.05, 0) is 53.6 Å². The van der Waals surface area contributed by atoms with Crippen molar-refractivity contribution in [1.29, 1.82) is 5.26 Å². The first-order chi connectivity index (χ1) is 15.4. The zero-order valence-corrected chi connectivity index (χ0v) is 18.0. The van der Waals surface area contributed by atoms with Crippen molar-refractivity contribution in [1.82, 2.24) is 5.32 Å². The predicted octanol–water partition coefficient (Wildman–Crippen LogP) is 6.03. The van der Waals surface area contributed by atoms with Crippen molar-refractivity contribution in [3.63, 3.8) is 0 Å². The minimum Gasteiger partial charge on any atom is -0.494 e. The van der Waals surface area contributed by atoms with Crippen LogP contribution in [0.3, 0.4) is 0 Å². The molecule has 1 N–H and O–H groups in total. The standard InChI is InChI=1S/C22H18F6N2O2S/c1-13-9-18(33-12-13)16-10-20(22(26,27)28,30-19(31)17(16)11-29)14-3-5-15(6-4-14)32-8-2-7-21(23,24)25/h3-6,9,12H,2,7-8,10H2,1H3,(H,30,31). The van der Waals surface area contributed by atoms with Crippen molar-refractivity contribution in [3.8, 4) is 11.8 Å². The highest BCUT2D eigenvalue weighted by atomic mass is 32.1. The summed E-state index contributed by atoms with van der Waals surface area (Å²) in [6.45, 7) is 1.50. The summed E-state index contributed by atoms with van der Waals surface area (Å²) in [7, 11) is 0. The van der Waals surface area contributed by atoms with E-state index in [2.05, 4.69) is 0 Å². The smallest absolute Gasteiger partial charge is 0.416 e. The summed E-state index contributed by atoms with van der Waals surface area (Å²) in [5.41, 5.74) is -2.65. The van der Waals surface area contributed by atoms with Crippen molar-refractivity contribution in [2.45, 2.75) is 44.1 Å². The Hall–Kier alpha value is -3.00. The number of amides is 1. The normalized spacial score (nSPS) is 19.3. The topological polar surface area (TPSA) is 62.1 Å². The lowest BCUT2D eigenvalue weighted by Crippen LogP contribution is -2.58. The number of aryl methyl sites for hydroxylation is 1. The summed E-state index contributed by atoms with van der Waals surface area (Å²) in [5.74, 6) is -1.03. The van der Waals surface area contributed by atoms with Gasteiger partial charge in [0.2, 0.25) is 0 Å². The number of benzene rings is 1. The highest BCUT2D eigenvalue weighted by molar-refractivity contribution is 7.11. The molecule has 0 spiro atoms. The van der Waals surface area contributed by atoms with E-state index in [9.17, 15) is 36.4 Å². The minimum absolute atomic E-state index is 0.00384. The summed E-state index contributed by atoms with van der Waals surface area (Å²) >= 11 is 1.14. The molecular formula is C22H18F6N2O2S. The Kier molecular flexibility index (Phi) is 6.79. The lowest BCUT2D eigenvalue weighted by molar-refractivity contribution is -0.201. The molecule has 11 heteroatoms. The molecule has 1 aromatic heterocycles. The summed E-state index contributed by atoms with van der Waals surface area (Å²) in [4.78, 5) is 13.0. The number of hydrogen-bond donors (Lipinski definition) is 1. The Morgan fingerprint density at radius 2 is 1.85 bits per heavy atom. The minimum atomic E-state index is -4.91. The van der Waals surface area contributed by atoms with E-state index in [4.69, 9.17) is 4.74 Å². The number of nitrogens with one attached hydrogen (secondary N) is 1. The van der Waals surface area contributed by atoms with Gasteiger partial charge in [-0.15, -0.1) is 11.3 Å². The molecular weight excluding hydrogens is 470 g/mol. The number of alkyl halides is 6. The zero-order valence-electron chi connectivity index (χ0n) is 17.2. The lowest BCUT2D eigenvalue weighted by atomic mass is 9.78. The van der Waals surface area contributed by atoms with E-state index in [1.807, 2.05) is 5.32 Å². The lowest BCUT2D eigenvalue weighted by Gasteiger charge is -2.40. The van der Waals surface area contributed by atoms with E-state index in [-0.39, 0.29) is 35.5 Å². The van der Waals surface area contributed by atoms with Crippen LogP contribution < -0.4 is 10.1 Å². The third-order valence-electron chi connectivity index (χ3n) is 5.14. The molecule has 1 aromatic carbocycles. The van der Waals surface area contributed by atoms with Gasteiger partial charge in [0.05, 0.1) is 6.61 Å². The molecule has 176 valence electrons. The van der Waals surface area contributed by atoms with Crippen LogP contribution in [0.4, 0.5) is 26.3 Å². The fraction of sp³-hybridized carbons (Fsp3) is 0.364. The van der Waals surface area contributed by atoms with Crippen LogP contribution in [0.25, 0.3) is 5.57 Å². The van der Waals surface area contributed by atoms with Crippen LogP contribution in [0.2, 0.25) is 0 Å². The number of halogens is 6. The SMILES string of the molecule is Cc1csc(C2=C(C#N)C(=O)NC(c3ccc(OCCCC(F)(F)F)cc3)(C(F)(F)F)C2)c1. The molecule has 0 aliphatic carbocycles. The number of carbonyl (C=O) groups excluding carboxylic acids is 1. The molecule has 1 atom stereocenters. The molecule has 0 bridgehead atoms. The van der Waals surface area contributed by atoms with E-state index < -0.39 is 36.6 Å². The van der Waals surface area contributed by atoms with Gasteiger partial charge in [0, 0.05) is 17.7 Å². The predicted molar refractivity (Wildman–Crippen MR) is 109 cm³/mol. The van der Waals surface area contributed by atoms with Crippen molar-refractivity contribution >= 4 is 22.8 Å². The Morgan fingerprint density at radius 3 is 2.36 bits per heavy atom. The molecule has 0 saturated heterocycles. The first-order valence-electron chi connectivity index (χ1n) is 9.74.